The Morgan fingerprint density at radius 3 is 2.37 bits per heavy atom. The topological polar surface area (TPSA) is 50.9 Å². The van der Waals surface area contributed by atoms with E-state index in [2.05, 4.69) is 10.1 Å². The number of rotatable bonds is 6. The molecule has 7 heteroatoms. The zero-order valence-corrected chi connectivity index (χ0v) is 16.7. The van der Waals surface area contributed by atoms with Gasteiger partial charge in [0.1, 0.15) is 18.3 Å². The molecule has 1 atom stereocenters. The molecule has 1 fully saturated rings. The summed E-state index contributed by atoms with van der Waals surface area (Å²) in [4.78, 5) is 3.29. The van der Waals surface area contributed by atoms with E-state index in [1.54, 1.807) is 11.0 Å². The van der Waals surface area contributed by atoms with E-state index in [0.717, 1.165) is 29.5 Å². The average molecular weight is 423 g/mol. The minimum atomic E-state index is -1.16. The van der Waals surface area contributed by atoms with Gasteiger partial charge in [-0.05, 0) is 47.7 Å². The molecular formula is C20H18Cl3N3O. The number of hydrogen-bond acceptors (Lipinski definition) is 3. The largest absolute Gasteiger partial charge is 0.386 e. The summed E-state index contributed by atoms with van der Waals surface area (Å²) in [5, 5.41) is 16.8. The van der Waals surface area contributed by atoms with E-state index in [1.807, 2.05) is 42.5 Å². The first-order chi connectivity index (χ1) is 12.9. The maximum absolute atomic E-state index is 11.4. The van der Waals surface area contributed by atoms with Gasteiger partial charge in [-0.2, -0.15) is 5.10 Å². The van der Waals surface area contributed by atoms with Crippen LogP contribution in [0.1, 0.15) is 18.4 Å². The predicted molar refractivity (Wildman–Crippen MR) is 108 cm³/mol. The number of benzene rings is 2. The van der Waals surface area contributed by atoms with E-state index >= 15 is 0 Å². The summed E-state index contributed by atoms with van der Waals surface area (Å²) in [5.41, 5.74) is 1.71. The van der Waals surface area contributed by atoms with E-state index in [0.29, 0.717) is 16.5 Å². The van der Waals surface area contributed by atoms with Crippen molar-refractivity contribution in [1.29, 1.82) is 0 Å². The van der Waals surface area contributed by atoms with Crippen LogP contribution in [0.25, 0.3) is 11.1 Å². The first-order valence-electron chi connectivity index (χ1n) is 8.67. The van der Waals surface area contributed by atoms with Gasteiger partial charge in [0, 0.05) is 16.5 Å². The fraction of sp³-hybridized carbons (Fsp3) is 0.300. The molecule has 0 spiro atoms. The Labute approximate surface area is 172 Å². The van der Waals surface area contributed by atoms with E-state index in [1.165, 1.54) is 6.33 Å². The Balaban J connectivity index is 1.61. The van der Waals surface area contributed by atoms with Crippen molar-refractivity contribution < 1.29 is 5.11 Å². The van der Waals surface area contributed by atoms with E-state index < -0.39 is 10.5 Å². The Morgan fingerprint density at radius 1 is 1.07 bits per heavy atom. The maximum atomic E-state index is 11.4. The van der Waals surface area contributed by atoms with Crippen LogP contribution in [0.5, 0.6) is 0 Å². The Morgan fingerprint density at radius 2 is 1.78 bits per heavy atom. The third-order valence-corrected chi connectivity index (χ3v) is 6.46. The van der Waals surface area contributed by atoms with Crippen LogP contribution in [0.3, 0.4) is 0 Å². The molecule has 1 N–H and O–H groups in total. The molecule has 1 saturated carbocycles. The highest BCUT2D eigenvalue weighted by Crippen LogP contribution is 2.53. The van der Waals surface area contributed by atoms with Crippen LogP contribution in [-0.4, -0.2) is 30.3 Å². The molecule has 4 nitrogen and oxygen atoms in total. The van der Waals surface area contributed by atoms with Gasteiger partial charge in [-0.1, -0.05) is 47.5 Å². The number of hydrogen-bond donors (Lipinski definition) is 1. The van der Waals surface area contributed by atoms with Crippen molar-refractivity contribution in [3.8, 4) is 11.1 Å². The van der Waals surface area contributed by atoms with Crippen molar-refractivity contribution in [3.63, 3.8) is 0 Å². The average Bonchev–Trinajstić information content (AvgIpc) is 3.21. The molecular weight excluding hydrogens is 405 g/mol. The second kappa shape index (κ2) is 7.10. The summed E-state index contributed by atoms with van der Waals surface area (Å²) in [6.07, 6.45) is 4.90. The zero-order chi connectivity index (χ0) is 19.1. The van der Waals surface area contributed by atoms with E-state index in [4.69, 9.17) is 34.8 Å². The van der Waals surface area contributed by atoms with Gasteiger partial charge in [0.2, 0.25) is 0 Å². The third-order valence-electron chi connectivity index (χ3n) is 5.13. The molecule has 4 rings (SSSR count). The molecule has 0 aliphatic heterocycles. The highest BCUT2D eigenvalue weighted by Gasteiger charge is 2.58. The van der Waals surface area contributed by atoms with Crippen LogP contribution in [0.15, 0.2) is 55.1 Å². The summed E-state index contributed by atoms with van der Waals surface area (Å²) in [5.74, 6) is 0. The molecule has 1 aromatic heterocycles. The molecule has 140 valence electrons. The fourth-order valence-electron chi connectivity index (χ4n) is 3.34. The van der Waals surface area contributed by atoms with Crippen molar-refractivity contribution >= 4 is 34.8 Å². The molecule has 1 heterocycles. The molecule has 3 aromatic rings. The lowest BCUT2D eigenvalue weighted by Crippen LogP contribution is -2.47. The maximum Gasteiger partial charge on any atom is 0.137 e. The van der Waals surface area contributed by atoms with Gasteiger partial charge in [0.15, 0.2) is 0 Å². The lowest BCUT2D eigenvalue weighted by Gasteiger charge is -2.33. The van der Waals surface area contributed by atoms with Gasteiger partial charge in [0.05, 0.1) is 11.4 Å². The first-order valence-corrected chi connectivity index (χ1v) is 9.80. The second-order valence-corrected chi connectivity index (χ2v) is 8.65. The molecule has 2 aromatic carbocycles. The van der Waals surface area contributed by atoms with Crippen LogP contribution < -0.4 is 0 Å². The summed E-state index contributed by atoms with van der Waals surface area (Å²) in [6, 6.07) is 13.4. The van der Waals surface area contributed by atoms with Crippen molar-refractivity contribution in [1.82, 2.24) is 14.8 Å². The van der Waals surface area contributed by atoms with Crippen LogP contribution in [0.4, 0.5) is 0 Å². The molecule has 1 aliphatic rings. The predicted octanol–water partition coefficient (Wildman–Crippen LogP) is 5.00. The monoisotopic (exact) mass is 421 g/mol. The first kappa shape index (κ1) is 18.8. The van der Waals surface area contributed by atoms with E-state index in [-0.39, 0.29) is 6.54 Å². The zero-order valence-electron chi connectivity index (χ0n) is 14.4. The normalized spacial score (nSPS) is 17.5. The number of aliphatic hydroxyl groups is 1. The Hall–Kier alpha value is -1.59. The quantitative estimate of drug-likeness (QED) is 0.569. The van der Waals surface area contributed by atoms with Gasteiger partial charge in [0.25, 0.3) is 0 Å². The highest BCUT2D eigenvalue weighted by molar-refractivity contribution is 6.32. The minimum absolute atomic E-state index is 0.270. The number of aromatic nitrogens is 3. The smallest absolute Gasteiger partial charge is 0.137 e. The third kappa shape index (κ3) is 3.85. The Kier molecular flexibility index (Phi) is 4.93. The summed E-state index contributed by atoms with van der Waals surface area (Å²) >= 11 is 19.2. The van der Waals surface area contributed by atoms with Crippen molar-refractivity contribution in [2.24, 2.45) is 0 Å². The van der Waals surface area contributed by atoms with Crippen molar-refractivity contribution in [3.05, 3.63) is 70.7 Å². The molecule has 0 amide bonds. The van der Waals surface area contributed by atoms with Gasteiger partial charge < -0.3 is 5.11 Å². The fourth-order valence-corrected chi connectivity index (χ4v) is 3.94. The number of alkyl halides is 1. The molecule has 0 saturated heterocycles. The minimum Gasteiger partial charge on any atom is -0.386 e. The van der Waals surface area contributed by atoms with Gasteiger partial charge in [-0.3, -0.25) is 0 Å². The van der Waals surface area contributed by atoms with Gasteiger partial charge in [-0.25, -0.2) is 9.67 Å². The van der Waals surface area contributed by atoms with Gasteiger partial charge >= 0.3 is 0 Å². The van der Waals surface area contributed by atoms with Crippen molar-refractivity contribution in [2.75, 3.05) is 0 Å². The SMILES string of the molecule is OC(Cc1ccc(-c2ccc(Cl)cc2)cc1Cl)(Cn1cncn1)C1(Cl)CC1. The number of halogens is 3. The summed E-state index contributed by atoms with van der Waals surface area (Å²) < 4.78 is 1.61. The molecule has 0 bridgehead atoms. The summed E-state index contributed by atoms with van der Waals surface area (Å²) in [7, 11) is 0. The van der Waals surface area contributed by atoms with Crippen LogP contribution in [0, 0.1) is 0 Å². The second-order valence-electron chi connectivity index (χ2n) is 7.08. The van der Waals surface area contributed by atoms with E-state index in [9.17, 15) is 5.11 Å². The van der Waals surface area contributed by atoms with Gasteiger partial charge in [-0.15, -0.1) is 11.6 Å². The molecule has 1 unspecified atom stereocenters. The summed E-state index contributed by atoms with van der Waals surface area (Å²) in [6.45, 7) is 0.270. The molecule has 1 aliphatic carbocycles. The van der Waals surface area contributed by atoms with Crippen LogP contribution in [0.2, 0.25) is 10.0 Å². The Bertz CT molecular complexity index is 940. The molecule has 27 heavy (non-hydrogen) atoms. The molecule has 0 radical (unpaired) electrons. The lowest BCUT2D eigenvalue weighted by atomic mass is 9.88. The lowest BCUT2D eigenvalue weighted by molar-refractivity contribution is 0.00766. The highest BCUT2D eigenvalue weighted by atomic mass is 35.5. The van der Waals surface area contributed by atoms with Crippen molar-refractivity contribution in [2.45, 2.75) is 36.3 Å². The number of nitrogens with zero attached hydrogens (tertiary/aromatic N) is 3. The standard InChI is InChI=1S/C20H18Cl3N3O/c21-17-5-3-14(4-6-17)15-1-2-16(18(22)9-15)10-20(27,19(23)7-8-19)11-26-13-24-12-25-26/h1-6,9,12-13,27H,7-8,10-11H2. The van der Waals surface area contributed by atoms with Crippen LogP contribution in [-0.2, 0) is 13.0 Å². The van der Waals surface area contributed by atoms with Crippen LogP contribution >= 0.6 is 34.8 Å².